The third-order valence-corrected chi connectivity index (χ3v) is 6.74. The topological polar surface area (TPSA) is 89.2 Å². The number of halogens is 1. The van der Waals surface area contributed by atoms with E-state index in [4.69, 9.17) is 16.1 Å². The highest BCUT2D eigenvalue weighted by Gasteiger charge is 2.28. The van der Waals surface area contributed by atoms with Crippen molar-refractivity contribution in [3.05, 3.63) is 75.2 Å². The molecule has 1 fully saturated rings. The van der Waals surface area contributed by atoms with Gasteiger partial charge in [-0.1, -0.05) is 53.2 Å². The SMILES string of the molecule is Cc1onc2c1c(=O)n(C1CCCC(NC(=O)NCc3ccccc3)C1)c1cccc(Cl)c21. The fourth-order valence-electron chi connectivity index (χ4n) is 4.88. The van der Waals surface area contributed by atoms with Crippen molar-refractivity contribution in [2.45, 2.75) is 51.2 Å². The van der Waals surface area contributed by atoms with E-state index in [1.807, 2.05) is 47.0 Å². The molecule has 2 amide bonds. The maximum atomic E-state index is 13.5. The Morgan fingerprint density at radius 1 is 1.15 bits per heavy atom. The van der Waals surface area contributed by atoms with Crippen LogP contribution in [0, 0.1) is 6.92 Å². The predicted octanol–water partition coefficient (Wildman–Crippen LogP) is 5.09. The van der Waals surface area contributed by atoms with E-state index in [-0.39, 0.29) is 23.7 Å². The summed E-state index contributed by atoms with van der Waals surface area (Å²) in [6.45, 7) is 2.21. The quantitative estimate of drug-likeness (QED) is 0.440. The fourth-order valence-corrected chi connectivity index (χ4v) is 5.14. The molecule has 0 aliphatic heterocycles. The highest BCUT2D eigenvalue weighted by atomic mass is 35.5. The molecule has 4 aromatic rings. The normalized spacial score (nSPS) is 18.5. The van der Waals surface area contributed by atoms with Gasteiger partial charge >= 0.3 is 6.03 Å². The number of carbonyl (C=O) groups excluding carboxylic acids is 1. The Labute approximate surface area is 195 Å². The van der Waals surface area contributed by atoms with Gasteiger partial charge in [0.1, 0.15) is 16.7 Å². The van der Waals surface area contributed by atoms with Gasteiger partial charge in [-0.2, -0.15) is 0 Å². The summed E-state index contributed by atoms with van der Waals surface area (Å²) in [6, 6.07) is 15.0. The Bertz CT molecular complexity index is 1380. The summed E-state index contributed by atoms with van der Waals surface area (Å²) in [6.07, 6.45) is 3.29. The second kappa shape index (κ2) is 8.90. The average molecular weight is 465 g/mol. The van der Waals surface area contributed by atoms with E-state index in [9.17, 15) is 9.59 Å². The molecule has 1 aliphatic rings. The summed E-state index contributed by atoms with van der Waals surface area (Å²) in [4.78, 5) is 26.1. The van der Waals surface area contributed by atoms with Gasteiger partial charge in [0, 0.05) is 24.0 Å². The maximum absolute atomic E-state index is 13.5. The molecule has 0 spiro atoms. The van der Waals surface area contributed by atoms with E-state index in [1.165, 1.54) is 0 Å². The number of nitrogens with zero attached hydrogens (tertiary/aromatic N) is 2. The molecule has 2 unspecified atom stereocenters. The number of hydrogen-bond acceptors (Lipinski definition) is 4. The summed E-state index contributed by atoms with van der Waals surface area (Å²) in [7, 11) is 0. The molecule has 8 heteroatoms. The zero-order valence-corrected chi connectivity index (χ0v) is 19.1. The van der Waals surface area contributed by atoms with Gasteiger partial charge in [0.25, 0.3) is 5.56 Å². The number of carbonyl (C=O) groups is 1. The largest absolute Gasteiger partial charge is 0.360 e. The highest BCUT2D eigenvalue weighted by Crippen LogP contribution is 2.35. The van der Waals surface area contributed by atoms with Gasteiger partial charge in [-0.25, -0.2) is 4.79 Å². The van der Waals surface area contributed by atoms with Crippen LogP contribution in [0.3, 0.4) is 0 Å². The number of nitrogens with one attached hydrogen (secondary N) is 2. The lowest BCUT2D eigenvalue weighted by Gasteiger charge is -2.32. The molecule has 0 saturated heterocycles. The zero-order valence-electron chi connectivity index (χ0n) is 18.3. The van der Waals surface area contributed by atoms with Crippen LogP contribution in [0.2, 0.25) is 5.02 Å². The molecule has 5 rings (SSSR count). The number of benzene rings is 2. The minimum Gasteiger partial charge on any atom is -0.360 e. The second-order valence-electron chi connectivity index (χ2n) is 8.60. The Morgan fingerprint density at radius 3 is 2.79 bits per heavy atom. The van der Waals surface area contributed by atoms with Crippen LogP contribution in [-0.4, -0.2) is 21.8 Å². The summed E-state index contributed by atoms with van der Waals surface area (Å²) < 4.78 is 7.17. The molecule has 170 valence electrons. The Hall–Kier alpha value is -3.32. The maximum Gasteiger partial charge on any atom is 0.315 e. The summed E-state index contributed by atoms with van der Waals surface area (Å²) in [5.41, 5.74) is 2.16. The molecular formula is C25H25ClN4O3. The molecule has 0 bridgehead atoms. The van der Waals surface area contributed by atoms with Crippen LogP contribution < -0.4 is 16.2 Å². The first kappa shape index (κ1) is 21.5. The van der Waals surface area contributed by atoms with Gasteiger partial charge in [-0.15, -0.1) is 0 Å². The third kappa shape index (κ3) is 4.09. The van der Waals surface area contributed by atoms with Gasteiger partial charge in [-0.3, -0.25) is 4.79 Å². The first-order valence-electron chi connectivity index (χ1n) is 11.2. The number of urea groups is 1. The molecular weight excluding hydrogens is 440 g/mol. The van der Waals surface area contributed by atoms with Crippen molar-refractivity contribution >= 4 is 39.4 Å². The fraction of sp³-hybridized carbons (Fsp3) is 0.320. The first-order valence-corrected chi connectivity index (χ1v) is 11.6. The van der Waals surface area contributed by atoms with Crippen LogP contribution in [0.15, 0.2) is 57.8 Å². The number of aryl methyl sites for hydroxylation is 1. The van der Waals surface area contributed by atoms with Crippen molar-refractivity contribution in [2.24, 2.45) is 0 Å². The van der Waals surface area contributed by atoms with Gasteiger partial charge < -0.3 is 19.7 Å². The van der Waals surface area contributed by atoms with E-state index >= 15 is 0 Å². The highest BCUT2D eigenvalue weighted by molar-refractivity contribution is 6.37. The standard InChI is InChI=1S/C25H25ClN4O3/c1-15-21-23(29-33-15)22-19(26)11-6-12-20(22)30(24(21)31)18-10-5-9-17(13-18)28-25(32)27-14-16-7-3-2-4-8-16/h2-4,6-8,11-12,17-18H,5,9-10,13-14H2,1H3,(H2,27,28,32). The molecule has 1 saturated carbocycles. The number of rotatable bonds is 4. The Balaban J connectivity index is 1.41. The van der Waals surface area contributed by atoms with E-state index in [0.29, 0.717) is 34.7 Å². The smallest absolute Gasteiger partial charge is 0.315 e. The molecule has 33 heavy (non-hydrogen) atoms. The lowest BCUT2D eigenvalue weighted by Crippen LogP contribution is -2.44. The van der Waals surface area contributed by atoms with E-state index in [2.05, 4.69) is 15.8 Å². The van der Waals surface area contributed by atoms with Crippen LogP contribution in [0.4, 0.5) is 4.79 Å². The summed E-state index contributed by atoms with van der Waals surface area (Å²) in [5.74, 6) is 0.483. The average Bonchev–Trinajstić information content (AvgIpc) is 3.20. The monoisotopic (exact) mass is 464 g/mol. The minimum absolute atomic E-state index is 0.0278. The van der Waals surface area contributed by atoms with Crippen molar-refractivity contribution in [1.82, 2.24) is 20.4 Å². The molecule has 7 nitrogen and oxygen atoms in total. The lowest BCUT2D eigenvalue weighted by molar-refractivity contribution is 0.225. The lowest BCUT2D eigenvalue weighted by atomic mass is 9.90. The molecule has 0 radical (unpaired) electrons. The van der Waals surface area contributed by atoms with E-state index < -0.39 is 0 Å². The van der Waals surface area contributed by atoms with Crippen molar-refractivity contribution < 1.29 is 9.32 Å². The van der Waals surface area contributed by atoms with Gasteiger partial charge in [-0.05, 0) is 50.3 Å². The Kier molecular flexibility index (Phi) is 5.81. The first-order chi connectivity index (χ1) is 16.0. The van der Waals surface area contributed by atoms with Crippen LogP contribution in [0.1, 0.15) is 43.0 Å². The third-order valence-electron chi connectivity index (χ3n) is 6.43. The molecule has 2 N–H and O–H groups in total. The zero-order chi connectivity index (χ0) is 22.9. The molecule has 2 heterocycles. The van der Waals surface area contributed by atoms with E-state index in [0.717, 1.165) is 35.7 Å². The van der Waals surface area contributed by atoms with Crippen LogP contribution in [0.5, 0.6) is 0 Å². The predicted molar refractivity (Wildman–Crippen MR) is 129 cm³/mol. The number of hydrogen-bond donors (Lipinski definition) is 2. The van der Waals surface area contributed by atoms with Crippen molar-refractivity contribution in [1.29, 1.82) is 0 Å². The van der Waals surface area contributed by atoms with Crippen molar-refractivity contribution in [2.75, 3.05) is 0 Å². The summed E-state index contributed by atoms with van der Waals surface area (Å²) in [5, 5.41) is 11.8. The van der Waals surface area contributed by atoms with Gasteiger partial charge in [0.05, 0.1) is 10.5 Å². The van der Waals surface area contributed by atoms with E-state index in [1.54, 1.807) is 13.0 Å². The van der Waals surface area contributed by atoms with Crippen molar-refractivity contribution in [3.8, 4) is 0 Å². The Morgan fingerprint density at radius 2 is 1.97 bits per heavy atom. The number of pyridine rings is 1. The van der Waals surface area contributed by atoms with Gasteiger partial charge in [0.15, 0.2) is 0 Å². The van der Waals surface area contributed by atoms with Crippen LogP contribution in [0.25, 0.3) is 21.8 Å². The summed E-state index contributed by atoms with van der Waals surface area (Å²) >= 11 is 6.53. The van der Waals surface area contributed by atoms with Crippen molar-refractivity contribution in [3.63, 3.8) is 0 Å². The number of amides is 2. The van der Waals surface area contributed by atoms with Crippen LogP contribution in [-0.2, 0) is 6.54 Å². The minimum atomic E-state index is -0.199. The number of aromatic nitrogens is 2. The van der Waals surface area contributed by atoms with Crippen LogP contribution >= 0.6 is 11.6 Å². The molecule has 2 atom stereocenters. The second-order valence-corrected chi connectivity index (χ2v) is 9.01. The van der Waals surface area contributed by atoms with Gasteiger partial charge in [0.2, 0.25) is 0 Å². The number of fused-ring (bicyclic) bond motifs is 3. The molecule has 1 aliphatic carbocycles. The molecule has 2 aromatic carbocycles. The molecule has 2 aromatic heterocycles.